The Morgan fingerprint density at radius 2 is 1.84 bits per heavy atom. The van der Waals surface area contributed by atoms with Crippen molar-refractivity contribution in [2.24, 2.45) is 0 Å². The molecule has 2 aromatic carbocycles. The second-order valence-electron chi connectivity index (χ2n) is 5.90. The number of hydrogen-bond donors (Lipinski definition) is 2. The molecule has 0 aliphatic rings. The largest absolute Gasteiger partial charge is 0.481 e. The molecule has 7 heteroatoms. The molecule has 0 fully saturated rings. The zero-order valence-electron chi connectivity index (χ0n) is 14.3. The van der Waals surface area contributed by atoms with Gasteiger partial charge < -0.3 is 10.0 Å². The minimum Gasteiger partial charge on any atom is -0.481 e. The lowest BCUT2D eigenvalue weighted by Gasteiger charge is -2.15. The van der Waals surface area contributed by atoms with Crippen molar-refractivity contribution in [1.29, 1.82) is 0 Å². The summed E-state index contributed by atoms with van der Waals surface area (Å²) in [6, 6.07) is 13.7. The van der Waals surface area contributed by atoms with Crippen molar-refractivity contribution in [2.45, 2.75) is 24.2 Å². The van der Waals surface area contributed by atoms with E-state index >= 15 is 0 Å². The van der Waals surface area contributed by atoms with Crippen molar-refractivity contribution in [3.63, 3.8) is 0 Å². The SMILES string of the molecule is CN(C)c1cccc(S(=O)(=O)Nc2ccccc2CCCC(=O)O)c1. The number of hydrogen-bond acceptors (Lipinski definition) is 4. The Kier molecular flexibility index (Phi) is 6.03. The molecule has 0 aromatic heterocycles. The summed E-state index contributed by atoms with van der Waals surface area (Å²) in [5.41, 5.74) is 2.04. The molecule has 0 amide bonds. The summed E-state index contributed by atoms with van der Waals surface area (Å²) in [6.45, 7) is 0. The fraction of sp³-hybridized carbons (Fsp3) is 0.278. The molecule has 0 spiro atoms. The number of nitrogens with one attached hydrogen (secondary N) is 1. The third kappa shape index (κ3) is 5.22. The van der Waals surface area contributed by atoms with Gasteiger partial charge in [-0.25, -0.2) is 8.42 Å². The predicted molar refractivity (Wildman–Crippen MR) is 98.6 cm³/mol. The van der Waals surface area contributed by atoms with Crippen LogP contribution < -0.4 is 9.62 Å². The van der Waals surface area contributed by atoms with Gasteiger partial charge in [0.25, 0.3) is 10.0 Å². The van der Waals surface area contributed by atoms with Crippen LogP contribution in [0, 0.1) is 0 Å². The highest BCUT2D eigenvalue weighted by Crippen LogP contribution is 2.23. The van der Waals surface area contributed by atoms with Crippen LogP contribution in [-0.4, -0.2) is 33.6 Å². The van der Waals surface area contributed by atoms with Crippen molar-refractivity contribution < 1.29 is 18.3 Å². The van der Waals surface area contributed by atoms with E-state index in [2.05, 4.69) is 4.72 Å². The fourth-order valence-electron chi connectivity index (χ4n) is 2.40. The Morgan fingerprint density at radius 3 is 2.52 bits per heavy atom. The van der Waals surface area contributed by atoms with E-state index in [-0.39, 0.29) is 11.3 Å². The van der Waals surface area contributed by atoms with Crippen LogP contribution >= 0.6 is 0 Å². The first kappa shape index (κ1) is 18.8. The summed E-state index contributed by atoms with van der Waals surface area (Å²) in [7, 11) is -0.0379. The minimum absolute atomic E-state index is 0.0476. The number of anilines is 2. The van der Waals surface area contributed by atoms with E-state index in [1.807, 2.05) is 25.1 Å². The number of para-hydroxylation sites is 1. The number of nitrogens with zero attached hydrogens (tertiary/aromatic N) is 1. The number of carbonyl (C=O) groups is 1. The molecule has 2 N–H and O–H groups in total. The van der Waals surface area contributed by atoms with E-state index in [1.54, 1.807) is 42.5 Å². The molecular weight excluding hydrogens is 340 g/mol. The average molecular weight is 362 g/mol. The topological polar surface area (TPSA) is 86.7 Å². The highest BCUT2D eigenvalue weighted by Gasteiger charge is 2.16. The number of carboxylic acid groups (broad SMARTS) is 1. The maximum absolute atomic E-state index is 12.7. The Bertz CT molecular complexity index is 848. The second kappa shape index (κ2) is 8.02. The summed E-state index contributed by atoms with van der Waals surface area (Å²) in [5, 5.41) is 8.75. The predicted octanol–water partition coefficient (Wildman–Crippen LogP) is 2.96. The molecule has 0 aliphatic carbocycles. The number of carboxylic acids is 1. The van der Waals surface area contributed by atoms with Gasteiger partial charge in [-0.1, -0.05) is 24.3 Å². The van der Waals surface area contributed by atoms with Crippen LogP contribution in [0.2, 0.25) is 0 Å². The Morgan fingerprint density at radius 1 is 1.12 bits per heavy atom. The summed E-state index contributed by atoms with van der Waals surface area (Å²) in [5.74, 6) is -0.862. The normalized spacial score (nSPS) is 11.1. The van der Waals surface area contributed by atoms with Gasteiger partial charge in [-0.05, 0) is 42.7 Å². The van der Waals surface area contributed by atoms with E-state index < -0.39 is 16.0 Å². The lowest BCUT2D eigenvalue weighted by Crippen LogP contribution is -2.15. The first-order valence-corrected chi connectivity index (χ1v) is 9.38. The van der Waals surface area contributed by atoms with Gasteiger partial charge >= 0.3 is 5.97 Å². The Hall–Kier alpha value is -2.54. The first-order valence-electron chi connectivity index (χ1n) is 7.89. The van der Waals surface area contributed by atoms with E-state index in [0.717, 1.165) is 11.3 Å². The average Bonchev–Trinajstić information content (AvgIpc) is 2.56. The molecule has 0 aliphatic heterocycles. The molecule has 2 aromatic rings. The van der Waals surface area contributed by atoms with E-state index in [4.69, 9.17) is 5.11 Å². The number of aliphatic carboxylic acids is 1. The molecule has 0 heterocycles. The van der Waals surface area contributed by atoms with Crippen molar-refractivity contribution in [1.82, 2.24) is 0 Å². The third-order valence-corrected chi connectivity index (χ3v) is 5.11. The summed E-state index contributed by atoms with van der Waals surface area (Å²) in [6.07, 6.45) is 0.985. The molecular formula is C18H22N2O4S. The molecule has 0 saturated heterocycles. The monoisotopic (exact) mass is 362 g/mol. The van der Waals surface area contributed by atoms with Gasteiger partial charge in [0.15, 0.2) is 0 Å². The highest BCUT2D eigenvalue weighted by atomic mass is 32.2. The van der Waals surface area contributed by atoms with Crippen LogP contribution in [0.4, 0.5) is 11.4 Å². The van der Waals surface area contributed by atoms with Gasteiger partial charge in [0.05, 0.1) is 10.6 Å². The first-order chi connectivity index (χ1) is 11.8. The standard InChI is InChI=1S/C18H22N2O4S/c1-20(2)15-9-6-10-16(13-15)25(23,24)19-17-11-4-3-7-14(17)8-5-12-18(21)22/h3-4,6-7,9-11,13,19H,5,8,12H2,1-2H3,(H,21,22). The molecule has 2 rings (SSSR count). The van der Waals surface area contributed by atoms with E-state index in [9.17, 15) is 13.2 Å². The Labute approximate surface area is 148 Å². The van der Waals surface area contributed by atoms with Gasteiger partial charge in [-0.2, -0.15) is 0 Å². The third-order valence-electron chi connectivity index (χ3n) is 3.74. The molecule has 0 atom stereocenters. The van der Waals surface area contributed by atoms with E-state index in [1.165, 1.54) is 0 Å². The second-order valence-corrected chi connectivity index (χ2v) is 7.58. The van der Waals surface area contributed by atoms with Gasteiger partial charge in [0, 0.05) is 26.2 Å². The molecule has 0 bridgehead atoms. The maximum atomic E-state index is 12.7. The van der Waals surface area contributed by atoms with Gasteiger partial charge in [0.2, 0.25) is 0 Å². The number of benzene rings is 2. The molecule has 6 nitrogen and oxygen atoms in total. The van der Waals surface area contributed by atoms with Crippen molar-refractivity contribution >= 4 is 27.4 Å². The molecule has 0 radical (unpaired) electrons. The van der Waals surface area contributed by atoms with Crippen LogP contribution in [0.15, 0.2) is 53.4 Å². The number of rotatable bonds is 8. The lowest BCUT2D eigenvalue weighted by atomic mass is 10.1. The summed E-state index contributed by atoms with van der Waals surface area (Å²) in [4.78, 5) is 12.7. The summed E-state index contributed by atoms with van der Waals surface area (Å²) >= 11 is 0. The van der Waals surface area contributed by atoms with Gasteiger partial charge in [0.1, 0.15) is 0 Å². The van der Waals surface area contributed by atoms with Crippen molar-refractivity contribution in [2.75, 3.05) is 23.7 Å². The smallest absolute Gasteiger partial charge is 0.303 e. The minimum atomic E-state index is -3.73. The highest BCUT2D eigenvalue weighted by molar-refractivity contribution is 7.92. The van der Waals surface area contributed by atoms with Crippen LogP contribution in [0.25, 0.3) is 0 Å². The fourth-order valence-corrected chi connectivity index (χ4v) is 3.54. The summed E-state index contributed by atoms with van der Waals surface area (Å²) < 4.78 is 28.0. The zero-order valence-corrected chi connectivity index (χ0v) is 15.1. The van der Waals surface area contributed by atoms with Crippen molar-refractivity contribution in [3.8, 4) is 0 Å². The lowest BCUT2D eigenvalue weighted by molar-refractivity contribution is -0.137. The van der Waals surface area contributed by atoms with E-state index in [0.29, 0.717) is 18.5 Å². The Balaban J connectivity index is 2.23. The molecule has 25 heavy (non-hydrogen) atoms. The number of sulfonamides is 1. The zero-order chi connectivity index (χ0) is 18.4. The molecule has 0 saturated carbocycles. The van der Waals surface area contributed by atoms with Crippen molar-refractivity contribution in [3.05, 3.63) is 54.1 Å². The quantitative estimate of drug-likeness (QED) is 0.754. The molecule has 0 unspecified atom stereocenters. The van der Waals surface area contributed by atoms with Gasteiger partial charge in [-0.15, -0.1) is 0 Å². The maximum Gasteiger partial charge on any atom is 0.303 e. The van der Waals surface area contributed by atoms with Crippen LogP contribution in [0.5, 0.6) is 0 Å². The molecule has 134 valence electrons. The van der Waals surface area contributed by atoms with Crippen LogP contribution in [0.1, 0.15) is 18.4 Å². The van der Waals surface area contributed by atoms with Gasteiger partial charge in [-0.3, -0.25) is 9.52 Å². The number of aryl methyl sites for hydroxylation is 1. The van der Waals surface area contributed by atoms with Crippen LogP contribution in [0.3, 0.4) is 0 Å². The van der Waals surface area contributed by atoms with Crippen LogP contribution in [-0.2, 0) is 21.2 Å².